The minimum atomic E-state index is 0.0930. The summed E-state index contributed by atoms with van der Waals surface area (Å²) >= 11 is 0. The number of carbonyl (C=O) groups is 1. The Kier molecular flexibility index (Phi) is 5.64. The molecule has 0 unspecified atom stereocenters. The first kappa shape index (κ1) is 16.3. The maximum atomic E-state index is 11.9. The van der Waals surface area contributed by atoms with Gasteiger partial charge in [-0.2, -0.15) is 0 Å². The zero-order chi connectivity index (χ0) is 16.6. The molecular weight excluding hydrogens is 298 g/mol. The number of hydrogen-bond donors (Lipinski definition) is 3. The summed E-state index contributed by atoms with van der Waals surface area (Å²) in [7, 11) is 0. The van der Waals surface area contributed by atoms with Crippen LogP contribution in [-0.4, -0.2) is 24.0 Å². The lowest BCUT2D eigenvalue weighted by atomic mass is 10.1. The molecule has 1 heterocycles. The highest BCUT2D eigenvalue weighted by atomic mass is 16.1. The van der Waals surface area contributed by atoms with Gasteiger partial charge < -0.3 is 15.6 Å². The Morgan fingerprint density at radius 2 is 1.75 bits per heavy atom. The lowest BCUT2D eigenvalue weighted by Crippen LogP contribution is -2.29. The standard InChI is InChI=1S/C20H23N3O/c24-20(11-12-21-14-16-6-2-1-3-7-16)22-13-10-17-15-23-19-9-5-4-8-18(17)19/h1-9,15,21,23H,10-14H2,(H,22,24). The lowest BCUT2D eigenvalue weighted by molar-refractivity contribution is -0.120. The van der Waals surface area contributed by atoms with Crippen molar-refractivity contribution in [3.8, 4) is 0 Å². The number of rotatable bonds is 8. The largest absolute Gasteiger partial charge is 0.361 e. The molecule has 0 atom stereocenters. The molecule has 4 heteroatoms. The maximum absolute atomic E-state index is 11.9. The Morgan fingerprint density at radius 1 is 0.958 bits per heavy atom. The van der Waals surface area contributed by atoms with Crippen molar-refractivity contribution in [2.75, 3.05) is 13.1 Å². The van der Waals surface area contributed by atoms with Gasteiger partial charge in [0.2, 0.25) is 5.91 Å². The predicted octanol–water partition coefficient (Wildman–Crippen LogP) is 3.01. The van der Waals surface area contributed by atoms with E-state index in [1.54, 1.807) is 0 Å². The maximum Gasteiger partial charge on any atom is 0.221 e. The summed E-state index contributed by atoms with van der Waals surface area (Å²) in [5.41, 5.74) is 3.62. The molecule has 3 aromatic rings. The lowest BCUT2D eigenvalue weighted by Gasteiger charge is -2.06. The van der Waals surface area contributed by atoms with Crippen LogP contribution in [0.4, 0.5) is 0 Å². The van der Waals surface area contributed by atoms with E-state index in [4.69, 9.17) is 0 Å². The molecule has 0 saturated heterocycles. The molecule has 2 aromatic carbocycles. The van der Waals surface area contributed by atoms with Crippen molar-refractivity contribution in [1.29, 1.82) is 0 Å². The van der Waals surface area contributed by atoms with E-state index in [-0.39, 0.29) is 5.91 Å². The Bertz CT molecular complexity index is 780. The van der Waals surface area contributed by atoms with E-state index in [2.05, 4.69) is 39.9 Å². The van der Waals surface area contributed by atoms with Gasteiger partial charge in [0, 0.05) is 43.2 Å². The van der Waals surface area contributed by atoms with Gasteiger partial charge in [0.15, 0.2) is 0 Å². The molecule has 3 N–H and O–H groups in total. The number of aromatic nitrogens is 1. The van der Waals surface area contributed by atoms with Crippen LogP contribution in [0.25, 0.3) is 10.9 Å². The predicted molar refractivity (Wildman–Crippen MR) is 97.8 cm³/mol. The first-order chi connectivity index (χ1) is 11.8. The van der Waals surface area contributed by atoms with Crippen LogP contribution in [0.2, 0.25) is 0 Å². The topological polar surface area (TPSA) is 56.9 Å². The van der Waals surface area contributed by atoms with Crippen LogP contribution >= 0.6 is 0 Å². The average molecular weight is 321 g/mol. The second kappa shape index (κ2) is 8.31. The van der Waals surface area contributed by atoms with Crippen molar-refractivity contribution < 1.29 is 4.79 Å². The number of aromatic amines is 1. The number of hydrogen-bond acceptors (Lipinski definition) is 2. The summed E-state index contributed by atoms with van der Waals surface area (Å²) in [4.78, 5) is 15.1. The van der Waals surface area contributed by atoms with Crippen molar-refractivity contribution in [2.45, 2.75) is 19.4 Å². The van der Waals surface area contributed by atoms with E-state index in [1.165, 1.54) is 16.5 Å². The van der Waals surface area contributed by atoms with Gasteiger partial charge in [-0.25, -0.2) is 0 Å². The molecule has 124 valence electrons. The number of H-pyrrole nitrogens is 1. The number of nitrogens with one attached hydrogen (secondary N) is 3. The fourth-order valence-corrected chi connectivity index (χ4v) is 2.79. The van der Waals surface area contributed by atoms with E-state index in [1.807, 2.05) is 36.5 Å². The number of para-hydroxylation sites is 1. The highest BCUT2D eigenvalue weighted by Gasteiger charge is 2.04. The number of carbonyl (C=O) groups excluding carboxylic acids is 1. The van der Waals surface area contributed by atoms with Crippen LogP contribution in [0.3, 0.4) is 0 Å². The van der Waals surface area contributed by atoms with Gasteiger partial charge in [-0.1, -0.05) is 48.5 Å². The van der Waals surface area contributed by atoms with Crippen LogP contribution in [-0.2, 0) is 17.8 Å². The summed E-state index contributed by atoms with van der Waals surface area (Å²) < 4.78 is 0. The zero-order valence-corrected chi connectivity index (χ0v) is 13.7. The normalized spacial score (nSPS) is 10.8. The third kappa shape index (κ3) is 4.46. The van der Waals surface area contributed by atoms with Gasteiger partial charge in [0.05, 0.1) is 0 Å². The molecule has 0 bridgehead atoms. The number of benzene rings is 2. The first-order valence-corrected chi connectivity index (χ1v) is 8.39. The molecule has 0 aliphatic heterocycles. The molecule has 4 nitrogen and oxygen atoms in total. The van der Waals surface area contributed by atoms with Crippen LogP contribution in [0, 0.1) is 0 Å². The molecular formula is C20H23N3O. The Balaban J connectivity index is 1.34. The van der Waals surface area contributed by atoms with E-state index >= 15 is 0 Å². The Morgan fingerprint density at radius 3 is 2.62 bits per heavy atom. The summed E-state index contributed by atoms with van der Waals surface area (Å²) in [5.74, 6) is 0.0930. The summed E-state index contributed by atoms with van der Waals surface area (Å²) in [6.07, 6.45) is 3.37. The molecule has 0 aliphatic carbocycles. The van der Waals surface area contributed by atoms with E-state index in [0.29, 0.717) is 19.5 Å². The Labute approximate surface area is 142 Å². The average Bonchev–Trinajstić information content (AvgIpc) is 3.03. The zero-order valence-electron chi connectivity index (χ0n) is 13.7. The summed E-state index contributed by atoms with van der Waals surface area (Å²) in [6, 6.07) is 18.4. The number of amides is 1. The SMILES string of the molecule is O=C(CCNCc1ccccc1)NCCc1c[nH]c2ccccc12. The minimum absolute atomic E-state index is 0.0930. The molecule has 3 rings (SSSR count). The summed E-state index contributed by atoms with van der Waals surface area (Å²) in [5, 5.41) is 7.52. The molecule has 24 heavy (non-hydrogen) atoms. The van der Waals surface area contributed by atoms with Crippen LogP contribution in [0.5, 0.6) is 0 Å². The van der Waals surface area contributed by atoms with Crippen molar-refractivity contribution in [3.63, 3.8) is 0 Å². The van der Waals surface area contributed by atoms with Gasteiger partial charge in [-0.15, -0.1) is 0 Å². The molecule has 0 radical (unpaired) electrons. The smallest absolute Gasteiger partial charge is 0.221 e. The molecule has 1 aromatic heterocycles. The fraction of sp³-hybridized carbons (Fsp3) is 0.250. The fourth-order valence-electron chi connectivity index (χ4n) is 2.79. The van der Waals surface area contributed by atoms with Crippen LogP contribution in [0.15, 0.2) is 60.8 Å². The van der Waals surface area contributed by atoms with Crippen molar-refractivity contribution in [3.05, 3.63) is 71.9 Å². The highest BCUT2D eigenvalue weighted by Crippen LogP contribution is 2.17. The monoisotopic (exact) mass is 321 g/mol. The van der Waals surface area contributed by atoms with E-state index < -0.39 is 0 Å². The molecule has 0 fully saturated rings. The second-order valence-electron chi connectivity index (χ2n) is 5.87. The van der Waals surface area contributed by atoms with Crippen molar-refractivity contribution in [2.24, 2.45) is 0 Å². The van der Waals surface area contributed by atoms with E-state index in [9.17, 15) is 4.79 Å². The third-order valence-corrected chi connectivity index (χ3v) is 4.09. The van der Waals surface area contributed by atoms with Crippen LogP contribution in [0.1, 0.15) is 17.5 Å². The van der Waals surface area contributed by atoms with Gasteiger partial charge >= 0.3 is 0 Å². The quantitative estimate of drug-likeness (QED) is 0.559. The van der Waals surface area contributed by atoms with Gasteiger partial charge in [-0.05, 0) is 23.6 Å². The van der Waals surface area contributed by atoms with Crippen LogP contribution < -0.4 is 10.6 Å². The highest BCUT2D eigenvalue weighted by molar-refractivity contribution is 5.83. The molecule has 1 amide bonds. The van der Waals surface area contributed by atoms with Gasteiger partial charge in [0.25, 0.3) is 0 Å². The Hall–Kier alpha value is -2.59. The third-order valence-electron chi connectivity index (χ3n) is 4.09. The van der Waals surface area contributed by atoms with Crippen molar-refractivity contribution in [1.82, 2.24) is 15.6 Å². The van der Waals surface area contributed by atoms with Crippen molar-refractivity contribution >= 4 is 16.8 Å². The first-order valence-electron chi connectivity index (χ1n) is 8.39. The number of fused-ring (bicyclic) bond motifs is 1. The second-order valence-corrected chi connectivity index (χ2v) is 5.87. The summed E-state index contributed by atoms with van der Waals surface area (Å²) in [6.45, 7) is 2.15. The molecule has 0 spiro atoms. The molecule has 0 saturated carbocycles. The minimum Gasteiger partial charge on any atom is -0.361 e. The van der Waals surface area contributed by atoms with Gasteiger partial charge in [-0.3, -0.25) is 4.79 Å². The molecule has 0 aliphatic rings. The van der Waals surface area contributed by atoms with Gasteiger partial charge in [0.1, 0.15) is 0 Å². The van der Waals surface area contributed by atoms with E-state index in [0.717, 1.165) is 18.5 Å².